The molecule has 0 aromatic rings. The van der Waals surface area contributed by atoms with E-state index in [1.54, 1.807) is 0 Å². The number of carbonyl (C=O) groups excluding carboxylic acids is 1. The predicted molar refractivity (Wildman–Crippen MR) is 58.5 cm³/mol. The highest BCUT2D eigenvalue weighted by molar-refractivity contribution is 15.0. The molecular weight excluding hydrogens is 358 g/mol. The molecule has 2 N–H and O–H groups in total. The zero-order chi connectivity index (χ0) is 7.98. The van der Waals surface area contributed by atoms with Crippen molar-refractivity contribution < 1.29 is 4.79 Å². The monoisotopic (exact) mass is 368 g/mol. The van der Waals surface area contributed by atoms with Gasteiger partial charge in [-0.15, -0.1) is 0 Å². The number of carbonyl (C=O) groups is 1. The van der Waals surface area contributed by atoms with Gasteiger partial charge in [0.25, 0.3) is 0 Å². The molecule has 0 spiro atoms. The van der Waals surface area contributed by atoms with E-state index >= 15 is 0 Å². The van der Waals surface area contributed by atoms with Crippen LogP contribution >= 0.6 is 37.2 Å². The summed E-state index contributed by atoms with van der Waals surface area (Å²) in [5.74, 6) is 0.157. The molecule has 0 aromatic heterocycles. The third-order valence-corrected chi connectivity index (χ3v) is 1.39. The first-order valence-corrected chi connectivity index (χ1v) is 9.19. The Labute approximate surface area is 84.0 Å². The van der Waals surface area contributed by atoms with Gasteiger partial charge in [0.2, 0.25) is 5.91 Å². The van der Waals surface area contributed by atoms with Crippen molar-refractivity contribution in [2.45, 2.75) is 12.5 Å². The summed E-state index contributed by atoms with van der Waals surface area (Å²) >= 11 is 4.24. The van der Waals surface area contributed by atoms with Crippen LogP contribution in [-0.4, -0.2) is 25.5 Å². The fraction of sp³-hybridized carbons (Fsp3) is 0.800. The predicted octanol–water partition coefficient (Wildman–Crippen LogP) is 0.866. The number of amides is 1. The smallest absolute Gasteiger partial charge is 0.221 e. The summed E-state index contributed by atoms with van der Waals surface area (Å²) in [6.07, 6.45) is 0.635. The van der Waals surface area contributed by atoms with Crippen LogP contribution in [-0.2, 0) is 4.79 Å². The van der Waals surface area contributed by atoms with E-state index in [1.807, 2.05) is 7.05 Å². The van der Waals surface area contributed by atoms with Crippen molar-refractivity contribution in [1.29, 1.82) is 0 Å². The Morgan fingerprint density at radius 3 is 2.50 bits per heavy atom. The first kappa shape index (κ1) is 10.9. The lowest BCUT2D eigenvalue weighted by molar-refractivity contribution is -0.119. The van der Waals surface area contributed by atoms with Crippen molar-refractivity contribution in [3.8, 4) is 0 Å². The number of hydrogen-bond donors (Lipinski definition) is 2. The first-order chi connectivity index (χ1) is 4.83. The highest BCUT2D eigenvalue weighted by atomic mass is 128. The van der Waals surface area contributed by atoms with Gasteiger partial charge in [0.15, 0.2) is 0 Å². The maximum Gasteiger partial charge on any atom is 0.221 e. The van der Waals surface area contributed by atoms with E-state index in [2.05, 4.69) is 47.9 Å². The van der Waals surface area contributed by atoms with Crippen LogP contribution in [0.1, 0.15) is 6.42 Å². The lowest BCUT2D eigenvalue weighted by Gasteiger charge is -2.00. The molecule has 0 saturated carbocycles. The zero-order valence-electron chi connectivity index (χ0n) is 5.66. The molecule has 1 amide bonds. The highest BCUT2D eigenvalue weighted by Gasteiger charge is 2.18. The molecule has 1 heterocycles. The molecule has 0 aliphatic carbocycles. The molecule has 0 aromatic carbocycles. The number of nitrogens with one attached hydrogen (secondary N) is 2. The first-order valence-electron chi connectivity index (χ1n) is 2.91. The lowest BCUT2D eigenvalue weighted by Crippen LogP contribution is -2.26. The molecule has 60 valence electrons. The molecule has 10 heavy (non-hydrogen) atoms. The van der Waals surface area contributed by atoms with Gasteiger partial charge in [-0.2, -0.15) is 0 Å². The Morgan fingerprint density at radius 1 is 1.70 bits per heavy atom. The van der Waals surface area contributed by atoms with Crippen LogP contribution in [0.4, 0.5) is 0 Å². The normalized spacial score (nSPS) is 23.1. The number of halogens is 2. The van der Waals surface area contributed by atoms with Gasteiger partial charge in [-0.05, 0) is 7.05 Å². The average Bonchev–Trinajstić information content (AvgIpc) is 2.40. The Bertz CT molecular complexity index is 110. The largest absolute Gasteiger partial charge is 0.354 e. The van der Waals surface area contributed by atoms with E-state index < -0.39 is 0 Å². The van der Waals surface area contributed by atoms with E-state index in [-0.39, 0.29) is 5.91 Å². The van der Waals surface area contributed by atoms with Gasteiger partial charge in [0.05, 0.1) is 0 Å². The van der Waals surface area contributed by atoms with Crippen molar-refractivity contribution in [2.75, 3.05) is 13.6 Å². The molecule has 1 unspecified atom stereocenters. The molecule has 1 atom stereocenters. The summed E-state index contributed by atoms with van der Waals surface area (Å²) in [6, 6.07) is 0.363. The fourth-order valence-corrected chi connectivity index (χ4v) is 0.809. The standard InChI is InChI=1S/C5H10N2O.I2/c1-6-4-2-5(8)7-3-4;1-2/h4,6H,2-3H2,1H3,(H,7,8);. The van der Waals surface area contributed by atoms with Crippen LogP contribution in [0, 0.1) is 0 Å². The van der Waals surface area contributed by atoms with Gasteiger partial charge >= 0.3 is 0 Å². The SMILES string of the molecule is CNC1CNC(=O)C1.II. The summed E-state index contributed by atoms with van der Waals surface area (Å²) in [5.41, 5.74) is 0. The van der Waals surface area contributed by atoms with E-state index in [0.717, 1.165) is 6.54 Å². The number of rotatable bonds is 1. The van der Waals surface area contributed by atoms with Gasteiger partial charge in [-0.25, -0.2) is 0 Å². The molecule has 0 radical (unpaired) electrons. The minimum atomic E-state index is 0.157. The van der Waals surface area contributed by atoms with Crippen molar-refractivity contribution in [3.05, 3.63) is 0 Å². The molecule has 1 aliphatic rings. The third-order valence-electron chi connectivity index (χ3n) is 1.39. The van der Waals surface area contributed by atoms with E-state index in [0.29, 0.717) is 12.5 Å². The van der Waals surface area contributed by atoms with E-state index in [1.165, 1.54) is 0 Å². The average molecular weight is 368 g/mol. The van der Waals surface area contributed by atoms with Gasteiger partial charge in [0.1, 0.15) is 0 Å². The molecule has 0 bridgehead atoms. The second-order valence-corrected chi connectivity index (χ2v) is 1.99. The quantitative estimate of drug-likeness (QED) is 0.675. The number of hydrogen-bond acceptors (Lipinski definition) is 2. The molecule has 1 rings (SSSR count). The Kier molecular flexibility index (Phi) is 7.18. The molecule has 1 fully saturated rings. The van der Waals surface area contributed by atoms with Crippen molar-refractivity contribution in [1.82, 2.24) is 10.6 Å². The van der Waals surface area contributed by atoms with Crippen molar-refractivity contribution >= 4 is 43.1 Å². The zero-order valence-corrected chi connectivity index (χ0v) is 9.97. The summed E-state index contributed by atoms with van der Waals surface area (Å²) in [5, 5.41) is 5.73. The minimum Gasteiger partial charge on any atom is -0.354 e. The number of likely N-dealkylation sites (N-methyl/N-ethyl adjacent to an activating group) is 1. The van der Waals surface area contributed by atoms with E-state index in [4.69, 9.17) is 0 Å². The van der Waals surface area contributed by atoms with Crippen LogP contribution in [0.3, 0.4) is 0 Å². The second-order valence-electron chi connectivity index (χ2n) is 1.99. The maximum atomic E-state index is 10.5. The lowest BCUT2D eigenvalue weighted by atomic mass is 10.3. The van der Waals surface area contributed by atoms with Crippen LogP contribution < -0.4 is 10.6 Å². The van der Waals surface area contributed by atoms with Gasteiger partial charge in [0, 0.05) is 56.2 Å². The third kappa shape index (κ3) is 3.91. The molecular formula is C5H10I2N2O. The van der Waals surface area contributed by atoms with Gasteiger partial charge in [-0.1, -0.05) is 0 Å². The van der Waals surface area contributed by atoms with Crippen LogP contribution in [0.15, 0.2) is 0 Å². The highest BCUT2D eigenvalue weighted by Crippen LogP contribution is 1.96. The maximum absolute atomic E-state index is 10.5. The summed E-state index contributed by atoms with van der Waals surface area (Å²) in [4.78, 5) is 10.5. The Morgan fingerprint density at radius 2 is 2.30 bits per heavy atom. The van der Waals surface area contributed by atoms with Gasteiger partial charge < -0.3 is 10.6 Å². The topological polar surface area (TPSA) is 41.1 Å². The summed E-state index contributed by atoms with van der Waals surface area (Å²) < 4.78 is 0. The Balaban J connectivity index is 0.000000371. The van der Waals surface area contributed by atoms with Crippen LogP contribution in [0.25, 0.3) is 0 Å². The molecule has 3 nitrogen and oxygen atoms in total. The molecule has 5 heteroatoms. The Hall–Kier alpha value is 0.890. The second kappa shape index (κ2) is 6.59. The van der Waals surface area contributed by atoms with Crippen molar-refractivity contribution in [2.24, 2.45) is 0 Å². The van der Waals surface area contributed by atoms with E-state index in [9.17, 15) is 4.79 Å². The van der Waals surface area contributed by atoms with Gasteiger partial charge in [-0.3, -0.25) is 4.79 Å². The van der Waals surface area contributed by atoms with Crippen LogP contribution in [0.5, 0.6) is 0 Å². The van der Waals surface area contributed by atoms with Crippen LogP contribution in [0.2, 0.25) is 0 Å². The molecule has 1 saturated heterocycles. The van der Waals surface area contributed by atoms with Crippen molar-refractivity contribution in [3.63, 3.8) is 0 Å². The summed E-state index contributed by atoms with van der Waals surface area (Å²) in [6.45, 7) is 0.787. The minimum absolute atomic E-state index is 0.157. The summed E-state index contributed by atoms with van der Waals surface area (Å²) in [7, 11) is 1.87. The molecule has 1 aliphatic heterocycles. The fourth-order valence-electron chi connectivity index (χ4n) is 0.809.